The van der Waals surface area contributed by atoms with Gasteiger partial charge in [0.25, 0.3) is 5.91 Å². The average molecular weight is 441 g/mol. The molecule has 0 bridgehead atoms. The van der Waals surface area contributed by atoms with Gasteiger partial charge in [0, 0.05) is 12.1 Å². The molecule has 0 aliphatic rings. The molecule has 0 atom stereocenters. The zero-order valence-electron chi connectivity index (χ0n) is 16.3. The first-order chi connectivity index (χ1) is 14.8. The van der Waals surface area contributed by atoms with Crippen LogP contribution < -0.4 is 15.6 Å². The lowest BCUT2D eigenvalue weighted by atomic mass is 10.1. The molecule has 9 heteroatoms. The molecule has 3 N–H and O–H groups in total. The molecule has 3 rings (SSSR count). The van der Waals surface area contributed by atoms with E-state index in [9.17, 15) is 22.4 Å². The molecule has 0 aromatic heterocycles. The Kier molecular flexibility index (Phi) is 7.11. The van der Waals surface area contributed by atoms with Gasteiger partial charge in [-0.3, -0.25) is 20.4 Å². The van der Waals surface area contributed by atoms with E-state index in [2.05, 4.69) is 15.6 Å². The van der Waals surface area contributed by atoms with Crippen molar-refractivity contribution in [3.63, 3.8) is 0 Å². The van der Waals surface area contributed by atoms with Gasteiger partial charge in [0.15, 0.2) is 0 Å². The molecular weight excluding hydrogens is 421 g/mol. The lowest BCUT2D eigenvalue weighted by Gasteiger charge is -2.10. The van der Waals surface area contributed by atoms with Gasteiger partial charge in [-0.1, -0.05) is 54.6 Å². The van der Waals surface area contributed by atoms with Gasteiger partial charge < -0.3 is 0 Å². The van der Waals surface area contributed by atoms with Crippen molar-refractivity contribution in [1.29, 1.82) is 0 Å². The molecule has 0 aliphatic heterocycles. The number of hydrogen-bond donors (Lipinski definition) is 3. The highest BCUT2D eigenvalue weighted by molar-refractivity contribution is 7.89. The third-order valence-corrected chi connectivity index (χ3v) is 5.74. The highest BCUT2D eigenvalue weighted by Crippen LogP contribution is 2.12. The molecule has 0 saturated carbocycles. The lowest BCUT2D eigenvalue weighted by Crippen LogP contribution is -2.42. The van der Waals surface area contributed by atoms with E-state index in [1.165, 1.54) is 42.5 Å². The second-order valence-electron chi connectivity index (χ2n) is 6.61. The van der Waals surface area contributed by atoms with Crippen molar-refractivity contribution in [2.75, 3.05) is 0 Å². The number of carbonyl (C=O) groups is 2. The van der Waals surface area contributed by atoms with E-state index >= 15 is 0 Å². The molecule has 160 valence electrons. The molecule has 3 aromatic carbocycles. The number of hydrazine groups is 1. The monoisotopic (exact) mass is 441 g/mol. The Balaban J connectivity index is 1.60. The van der Waals surface area contributed by atoms with E-state index < -0.39 is 27.7 Å². The molecule has 0 aliphatic carbocycles. The maximum atomic E-state index is 13.6. The first kappa shape index (κ1) is 22.1. The van der Waals surface area contributed by atoms with Crippen molar-refractivity contribution in [3.8, 4) is 0 Å². The van der Waals surface area contributed by atoms with Crippen LogP contribution >= 0.6 is 0 Å². The molecule has 0 unspecified atom stereocenters. The van der Waals surface area contributed by atoms with Crippen LogP contribution in [0.5, 0.6) is 0 Å². The number of amides is 2. The quantitative estimate of drug-likeness (QED) is 0.490. The minimum Gasteiger partial charge on any atom is -0.273 e. The van der Waals surface area contributed by atoms with Crippen LogP contribution in [0.4, 0.5) is 4.39 Å². The maximum absolute atomic E-state index is 13.6. The van der Waals surface area contributed by atoms with Crippen LogP contribution in [-0.2, 0) is 27.8 Å². The van der Waals surface area contributed by atoms with E-state index in [1.807, 2.05) is 6.07 Å². The lowest BCUT2D eigenvalue weighted by molar-refractivity contribution is -0.121. The molecular formula is C22H20FN3O4S. The van der Waals surface area contributed by atoms with E-state index in [0.717, 1.165) is 5.56 Å². The predicted molar refractivity (Wildman–Crippen MR) is 113 cm³/mol. The van der Waals surface area contributed by atoms with Gasteiger partial charge in [0.2, 0.25) is 15.9 Å². The maximum Gasteiger partial charge on any atom is 0.269 e. The minimum atomic E-state index is -3.85. The topological polar surface area (TPSA) is 104 Å². The average Bonchev–Trinajstić information content (AvgIpc) is 2.78. The fourth-order valence-electron chi connectivity index (χ4n) is 2.72. The molecule has 3 aromatic rings. The Morgan fingerprint density at radius 2 is 1.55 bits per heavy atom. The van der Waals surface area contributed by atoms with E-state index in [1.54, 1.807) is 30.3 Å². The number of benzene rings is 3. The third kappa shape index (κ3) is 6.21. The summed E-state index contributed by atoms with van der Waals surface area (Å²) in [5.74, 6) is -1.85. The van der Waals surface area contributed by atoms with Crippen LogP contribution in [0.3, 0.4) is 0 Å². The zero-order valence-corrected chi connectivity index (χ0v) is 17.2. The number of rotatable bonds is 7. The smallest absolute Gasteiger partial charge is 0.269 e. The number of hydrogen-bond acceptors (Lipinski definition) is 4. The number of carbonyl (C=O) groups excluding carboxylic acids is 2. The normalized spacial score (nSPS) is 11.0. The van der Waals surface area contributed by atoms with Crippen LogP contribution in [0.2, 0.25) is 0 Å². The Labute approximate surface area is 179 Å². The Morgan fingerprint density at radius 1 is 0.839 bits per heavy atom. The highest BCUT2D eigenvalue weighted by Gasteiger charge is 2.17. The molecule has 0 radical (unpaired) electrons. The van der Waals surface area contributed by atoms with Gasteiger partial charge in [-0.15, -0.1) is 0 Å². The summed E-state index contributed by atoms with van der Waals surface area (Å²) < 4.78 is 41.2. The highest BCUT2D eigenvalue weighted by atomic mass is 32.2. The summed E-state index contributed by atoms with van der Waals surface area (Å²) in [6, 6.07) is 20.2. The predicted octanol–water partition coefficient (Wildman–Crippen LogP) is 2.31. The van der Waals surface area contributed by atoms with Crippen molar-refractivity contribution in [2.45, 2.75) is 17.9 Å². The number of halogens is 1. The molecule has 0 saturated heterocycles. The third-order valence-electron chi connectivity index (χ3n) is 4.34. The second-order valence-corrected chi connectivity index (χ2v) is 8.38. The van der Waals surface area contributed by atoms with Crippen LogP contribution in [0, 0.1) is 5.82 Å². The Bertz CT molecular complexity index is 1180. The fraction of sp³-hybridized carbons (Fsp3) is 0.0909. The first-order valence-electron chi connectivity index (χ1n) is 9.31. The van der Waals surface area contributed by atoms with Crippen LogP contribution in [-0.4, -0.2) is 20.2 Å². The van der Waals surface area contributed by atoms with Crippen molar-refractivity contribution in [3.05, 3.63) is 101 Å². The summed E-state index contributed by atoms with van der Waals surface area (Å²) in [6.07, 6.45) is -0.259. The van der Waals surface area contributed by atoms with Crippen molar-refractivity contribution in [1.82, 2.24) is 15.6 Å². The minimum absolute atomic E-state index is 0.0359. The zero-order chi connectivity index (χ0) is 22.3. The molecule has 31 heavy (non-hydrogen) atoms. The molecule has 0 heterocycles. The summed E-state index contributed by atoms with van der Waals surface area (Å²) in [5, 5.41) is 0. The fourth-order valence-corrected chi connectivity index (χ4v) is 3.78. The first-order valence-corrected chi connectivity index (χ1v) is 10.8. The van der Waals surface area contributed by atoms with E-state index in [0.29, 0.717) is 0 Å². The standard InChI is InChI=1S/C22H20FN3O4S/c23-20-12-5-4-9-17(20)14-21(27)25-26-22(28)18-10-6-11-19(13-18)31(29,30)24-15-16-7-2-1-3-8-16/h1-13,24H,14-15H2,(H,25,27)(H,26,28). The van der Waals surface area contributed by atoms with Gasteiger partial charge in [-0.05, 0) is 35.4 Å². The molecule has 7 nitrogen and oxygen atoms in total. The van der Waals surface area contributed by atoms with Crippen molar-refractivity contribution in [2.24, 2.45) is 0 Å². The number of nitrogens with one attached hydrogen (secondary N) is 3. The van der Waals surface area contributed by atoms with E-state index in [4.69, 9.17) is 0 Å². The van der Waals surface area contributed by atoms with Crippen LogP contribution in [0.15, 0.2) is 83.8 Å². The largest absolute Gasteiger partial charge is 0.273 e. The van der Waals surface area contributed by atoms with Gasteiger partial charge >= 0.3 is 0 Å². The van der Waals surface area contributed by atoms with Gasteiger partial charge in [0.05, 0.1) is 11.3 Å². The summed E-state index contributed by atoms with van der Waals surface area (Å²) >= 11 is 0. The molecule has 0 fully saturated rings. The van der Waals surface area contributed by atoms with Gasteiger partial charge in [0.1, 0.15) is 5.82 Å². The summed E-state index contributed by atoms with van der Waals surface area (Å²) in [4.78, 5) is 24.2. The SMILES string of the molecule is O=C(Cc1ccccc1F)NNC(=O)c1cccc(S(=O)(=O)NCc2ccccc2)c1. The Morgan fingerprint density at radius 3 is 2.29 bits per heavy atom. The summed E-state index contributed by atoms with van der Waals surface area (Å²) in [6.45, 7) is 0.103. The van der Waals surface area contributed by atoms with Gasteiger partial charge in [-0.25, -0.2) is 17.5 Å². The Hall–Kier alpha value is -3.56. The van der Waals surface area contributed by atoms with E-state index in [-0.39, 0.29) is 29.0 Å². The summed E-state index contributed by atoms with van der Waals surface area (Å²) in [5.41, 5.74) is 5.40. The molecule has 2 amide bonds. The van der Waals surface area contributed by atoms with Gasteiger partial charge in [-0.2, -0.15) is 0 Å². The summed E-state index contributed by atoms with van der Waals surface area (Å²) in [7, 11) is -3.85. The van der Waals surface area contributed by atoms with Crippen molar-refractivity contribution < 1.29 is 22.4 Å². The van der Waals surface area contributed by atoms with Crippen molar-refractivity contribution >= 4 is 21.8 Å². The number of sulfonamides is 1. The molecule has 0 spiro atoms. The van der Waals surface area contributed by atoms with Crippen LogP contribution in [0.1, 0.15) is 21.5 Å². The van der Waals surface area contributed by atoms with Crippen LogP contribution in [0.25, 0.3) is 0 Å². The second kappa shape index (κ2) is 9.96.